The van der Waals surface area contributed by atoms with Gasteiger partial charge in [0.1, 0.15) is 5.69 Å². The Morgan fingerprint density at radius 2 is 1.89 bits per heavy atom. The van der Waals surface area contributed by atoms with Crippen LogP contribution in [0, 0.1) is 0 Å². The first-order valence-corrected chi connectivity index (χ1v) is 6.83. The van der Waals surface area contributed by atoms with Crippen LogP contribution >= 0.6 is 15.9 Å². The molecule has 1 N–H and O–H groups in total. The van der Waals surface area contributed by atoms with Gasteiger partial charge in [-0.25, -0.2) is 4.79 Å². The summed E-state index contributed by atoms with van der Waals surface area (Å²) in [6.07, 6.45) is 1.85. The molecule has 1 aromatic carbocycles. The molecule has 1 aromatic heterocycles. The van der Waals surface area contributed by atoms with Gasteiger partial charge in [-0.3, -0.25) is 0 Å². The van der Waals surface area contributed by atoms with Crippen LogP contribution < -0.4 is 0 Å². The molecule has 3 nitrogen and oxygen atoms in total. The number of methoxy groups -OCH3 is 1. The number of esters is 1. The molecular weight excluding hydrogens is 294 g/mol. The Bertz CT molecular complexity index is 601. The van der Waals surface area contributed by atoms with E-state index in [0.717, 1.165) is 28.2 Å². The molecule has 2 rings (SSSR count). The van der Waals surface area contributed by atoms with Crippen LogP contribution in [0.15, 0.2) is 16.6 Å². The van der Waals surface area contributed by atoms with E-state index in [4.69, 9.17) is 4.74 Å². The lowest BCUT2D eigenvalue weighted by molar-refractivity contribution is 0.0594. The molecule has 0 saturated heterocycles. The third-order valence-electron chi connectivity index (χ3n) is 3.22. The maximum Gasteiger partial charge on any atom is 0.355 e. The Morgan fingerprint density at radius 3 is 2.44 bits per heavy atom. The van der Waals surface area contributed by atoms with Gasteiger partial charge in [-0.2, -0.15) is 0 Å². The smallest absolute Gasteiger partial charge is 0.355 e. The Labute approximate surface area is 115 Å². The van der Waals surface area contributed by atoms with Crippen molar-refractivity contribution >= 4 is 32.8 Å². The molecule has 0 amide bonds. The second-order valence-electron chi connectivity index (χ2n) is 4.15. The SMILES string of the molecule is CCc1ccc(CC)c2c(Br)c(C(=O)OC)[nH]c12. The van der Waals surface area contributed by atoms with Crippen molar-refractivity contribution in [2.24, 2.45) is 0 Å². The summed E-state index contributed by atoms with van der Waals surface area (Å²) in [7, 11) is 1.39. The quantitative estimate of drug-likeness (QED) is 0.875. The number of aromatic amines is 1. The number of fused-ring (bicyclic) bond motifs is 1. The van der Waals surface area contributed by atoms with E-state index in [9.17, 15) is 4.79 Å². The van der Waals surface area contributed by atoms with Crippen molar-refractivity contribution in [2.75, 3.05) is 7.11 Å². The summed E-state index contributed by atoms with van der Waals surface area (Å²) in [4.78, 5) is 14.9. The van der Waals surface area contributed by atoms with E-state index in [-0.39, 0.29) is 5.97 Å². The van der Waals surface area contributed by atoms with Crippen molar-refractivity contribution in [1.82, 2.24) is 4.98 Å². The number of carbonyl (C=O) groups excluding carboxylic acids is 1. The lowest BCUT2D eigenvalue weighted by atomic mass is 10.0. The molecule has 2 aromatic rings. The van der Waals surface area contributed by atoms with Crippen molar-refractivity contribution in [1.29, 1.82) is 0 Å². The van der Waals surface area contributed by atoms with E-state index in [1.54, 1.807) is 0 Å². The highest BCUT2D eigenvalue weighted by Crippen LogP contribution is 2.33. The van der Waals surface area contributed by atoms with Gasteiger partial charge < -0.3 is 9.72 Å². The van der Waals surface area contributed by atoms with E-state index in [1.165, 1.54) is 18.2 Å². The number of ether oxygens (including phenoxy) is 1. The molecular formula is C14H16BrNO2. The average molecular weight is 310 g/mol. The fourth-order valence-electron chi connectivity index (χ4n) is 2.22. The van der Waals surface area contributed by atoms with Gasteiger partial charge in [-0.05, 0) is 39.9 Å². The Hall–Kier alpha value is -1.29. The highest BCUT2D eigenvalue weighted by Gasteiger charge is 2.19. The molecule has 1 heterocycles. The number of H-pyrrole nitrogens is 1. The fourth-order valence-corrected chi connectivity index (χ4v) is 2.93. The predicted octanol–water partition coefficient (Wildman–Crippen LogP) is 3.84. The monoisotopic (exact) mass is 309 g/mol. The highest BCUT2D eigenvalue weighted by molar-refractivity contribution is 9.10. The van der Waals surface area contributed by atoms with Crippen LogP contribution in [0.25, 0.3) is 10.9 Å². The fraction of sp³-hybridized carbons (Fsp3) is 0.357. The third kappa shape index (κ3) is 1.94. The molecule has 96 valence electrons. The first-order chi connectivity index (χ1) is 8.63. The number of hydrogen-bond donors (Lipinski definition) is 1. The van der Waals surface area contributed by atoms with Crippen molar-refractivity contribution < 1.29 is 9.53 Å². The number of benzene rings is 1. The maximum atomic E-state index is 11.7. The molecule has 0 aliphatic heterocycles. The molecule has 0 bridgehead atoms. The number of halogens is 1. The minimum Gasteiger partial charge on any atom is -0.464 e. The first-order valence-electron chi connectivity index (χ1n) is 6.04. The normalized spacial score (nSPS) is 10.9. The van der Waals surface area contributed by atoms with Gasteiger partial charge >= 0.3 is 5.97 Å². The minimum atomic E-state index is -0.345. The number of rotatable bonds is 3. The van der Waals surface area contributed by atoms with E-state index in [1.807, 2.05) is 0 Å². The zero-order valence-electron chi connectivity index (χ0n) is 10.8. The molecule has 18 heavy (non-hydrogen) atoms. The Morgan fingerprint density at radius 1 is 1.28 bits per heavy atom. The number of hydrogen-bond acceptors (Lipinski definition) is 2. The van der Waals surface area contributed by atoms with Crippen molar-refractivity contribution in [3.05, 3.63) is 33.4 Å². The van der Waals surface area contributed by atoms with Crippen LogP contribution in [0.4, 0.5) is 0 Å². The number of carbonyl (C=O) groups is 1. The molecule has 0 aliphatic rings. The van der Waals surface area contributed by atoms with E-state index in [0.29, 0.717) is 5.69 Å². The van der Waals surface area contributed by atoms with Gasteiger partial charge in [0.2, 0.25) is 0 Å². The minimum absolute atomic E-state index is 0.345. The summed E-state index contributed by atoms with van der Waals surface area (Å²) < 4.78 is 5.60. The average Bonchev–Trinajstić information content (AvgIpc) is 2.75. The van der Waals surface area contributed by atoms with Crippen LogP contribution in [0.3, 0.4) is 0 Å². The summed E-state index contributed by atoms with van der Waals surface area (Å²) in [6, 6.07) is 4.24. The van der Waals surface area contributed by atoms with Crippen LogP contribution in [0.1, 0.15) is 35.5 Å². The van der Waals surface area contributed by atoms with Crippen LogP contribution in [-0.2, 0) is 17.6 Å². The summed E-state index contributed by atoms with van der Waals surface area (Å²) in [5.41, 5.74) is 3.95. The second-order valence-corrected chi connectivity index (χ2v) is 4.94. The van der Waals surface area contributed by atoms with Gasteiger partial charge in [0, 0.05) is 5.39 Å². The van der Waals surface area contributed by atoms with Crippen LogP contribution in [0.2, 0.25) is 0 Å². The van der Waals surface area contributed by atoms with Crippen LogP contribution in [0.5, 0.6) is 0 Å². The topological polar surface area (TPSA) is 42.1 Å². The largest absolute Gasteiger partial charge is 0.464 e. The van der Waals surface area contributed by atoms with E-state index >= 15 is 0 Å². The molecule has 4 heteroatoms. The van der Waals surface area contributed by atoms with Gasteiger partial charge in [-0.15, -0.1) is 0 Å². The molecule has 0 aliphatic carbocycles. The van der Waals surface area contributed by atoms with E-state index < -0.39 is 0 Å². The highest BCUT2D eigenvalue weighted by atomic mass is 79.9. The van der Waals surface area contributed by atoms with Gasteiger partial charge in [-0.1, -0.05) is 26.0 Å². The summed E-state index contributed by atoms with van der Waals surface area (Å²) in [5, 5.41) is 1.09. The molecule has 0 atom stereocenters. The Kier molecular flexibility index (Phi) is 3.76. The number of nitrogens with one attached hydrogen (secondary N) is 1. The van der Waals surface area contributed by atoms with Crippen molar-refractivity contribution in [2.45, 2.75) is 26.7 Å². The number of aromatic nitrogens is 1. The summed E-state index contributed by atoms with van der Waals surface area (Å²) in [6.45, 7) is 4.21. The lowest BCUT2D eigenvalue weighted by Gasteiger charge is -2.04. The van der Waals surface area contributed by atoms with Crippen molar-refractivity contribution in [3.8, 4) is 0 Å². The maximum absolute atomic E-state index is 11.7. The Balaban J connectivity index is 2.80. The lowest BCUT2D eigenvalue weighted by Crippen LogP contribution is -2.01. The van der Waals surface area contributed by atoms with Crippen molar-refractivity contribution in [3.63, 3.8) is 0 Å². The molecule has 0 fully saturated rings. The zero-order valence-corrected chi connectivity index (χ0v) is 12.3. The van der Waals surface area contributed by atoms with Gasteiger partial charge in [0.25, 0.3) is 0 Å². The predicted molar refractivity (Wildman–Crippen MR) is 76.1 cm³/mol. The molecule has 0 radical (unpaired) electrons. The number of aryl methyl sites for hydroxylation is 2. The molecule has 0 unspecified atom stereocenters. The van der Waals surface area contributed by atoms with E-state index in [2.05, 4.69) is 46.9 Å². The zero-order chi connectivity index (χ0) is 13.3. The van der Waals surface area contributed by atoms with Gasteiger partial charge in [0.15, 0.2) is 0 Å². The molecule has 0 spiro atoms. The first kappa shape index (κ1) is 13.1. The second kappa shape index (κ2) is 5.14. The standard InChI is InChI=1S/C14H16BrNO2/c1-4-8-6-7-9(5-2)12-10(8)11(15)13(16-12)14(17)18-3/h6-7,16H,4-5H2,1-3H3. The summed E-state index contributed by atoms with van der Waals surface area (Å²) in [5.74, 6) is -0.345. The summed E-state index contributed by atoms with van der Waals surface area (Å²) >= 11 is 3.52. The van der Waals surface area contributed by atoms with Crippen LogP contribution in [-0.4, -0.2) is 18.1 Å². The molecule has 0 saturated carbocycles. The third-order valence-corrected chi connectivity index (χ3v) is 4.01. The van der Waals surface area contributed by atoms with Gasteiger partial charge in [0.05, 0.1) is 17.1 Å².